The fourth-order valence-electron chi connectivity index (χ4n) is 5.11. The normalized spacial score (nSPS) is 11.4. The molecule has 4 aromatic carbocycles. The van der Waals surface area contributed by atoms with E-state index in [-0.39, 0.29) is 5.97 Å². The molecule has 0 aromatic heterocycles. The lowest BCUT2D eigenvalue weighted by molar-refractivity contribution is 0.0447. The maximum absolute atomic E-state index is 12.8. The van der Waals surface area contributed by atoms with E-state index >= 15 is 0 Å². The number of hydrogen-bond acceptors (Lipinski definition) is 5. The summed E-state index contributed by atoms with van der Waals surface area (Å²) in [5.74, 6) is 0.946. The average molecular weight is 633 g/mol. The first-order chi connectivity index (χ1) is 23.0. The monoisotopic (exact) mass is 632 g/mol. The van der Waals surface area contributed by atoms with E-state index < -0.39 is 5.97 Å². The van der Waals surface area contributed by atoms with E-state index in [2.05, 4.69) is 20.4 Å². The predicted molar refractivity (Wildman–Crippen MR) is 191 cm³/mol. The van der Waals surface area contributed by atoms with Crippen molar-refractivity contribution in [2.24, 2.45) is 5.92 Å². The minimum atomic E-state index is -0.416. The first kappa shape index (κ1) is 35.2. The van der Waals surface area contributed by atoms with Gasteiger partial charge >= 0.3 is 11.9 Å². The SMILES string of the molecule is C=CCCCCCCCCCOc1ccc(-c2ccc(C(=O)Oc3ccc(-c4ccc(C(=O)OC[C@@H](C)CC)cc4)cc3)cc2)cc1. The van der Waals surface area contributed by atoms with Gasteiger partial charge in [-0.15, -0.1) is 6.58 Å². The number of carbonyl (C=O) groups is 2. The van der Waals surface area contributed by atoms with E-state index in [1.54, 1.807) is 36.4 Å². The molecule has 0 amide bonds. The minimum Gasteiger partial charge on any atom is -0.494 e. The summed E-state index contributed by atoms with van der Waals surface area (Å²) in [6.07, 6.45) is 12.8. The molecule has 0 aliphatic rings. The number of carbonyl (C=O) groups excluding carboxylic acids is 2. The molecule has 0 saturated carbocycles. The van der Waals surface area contributed by atoms with Crippen molar-refractivity contribution < 1.29 is 23.8 Å². The lowest BCUT2D eigenvalue weighted by Crippen LogP contribution is -2.11. The molecule has 0 N–H and O–H groups in total. The van der Waals surface area contributed by atoms with E-state index in [1.807, 2.05) is 66.7 Å². The number of esters is 2. The number of unbranched alkanes of at least 4 members (excludes halogenated alkanes) is 7. The molecule has 1 atom stereocenters. The second-order valence-electron chi connectivity index (χ2n) is 12.1. The topological polar surface area (TPSA) is 61.8 Å². The predicted octanol–water partition coefficient (Wildman–Crippen LogP) is 11.1. The third-order valence-corrected chi connectivity index (χ3v) is 8.34. The molecular formula is C42H48O5. The van der Waals surface area contributed by atoms with Gasteiger partial charge in [0.1, 0.15) is 11.5 Å². The van der Waals surface area contributed by atoms with Gasteiger partial charge in [-0.25, -0.2) is 9.59 Å². The molecule has 0 bridgehead atoms. The third kappa shape index (κ3) is 11.6. The van der Waals surface area contributed by atoms with Gasteiger partial charge in [0, 0.05) is 0 Å². The smallest absolute Gasteiger partial charge is 0.343 e. The van der Waals surface area contributed by atoms with Crippen molar-refractivity contribution in [3.63, 3.8) is 0 Å². The average Bonchev–Trinajstić information content (AvgIpc) is 3.12. The van der Waals surface area contributed by atoms with Crippen molar-refractivity contribution in [1.82, 2.24) is 0 Å². The Labute approximate surface area is 280 Å². The number of rotatable bonds is 19. The zero-order chi connectivity index (χ0) is 33.3. The highest BCUT2D eigenvalue weighted by atomic mass is 16.5. The Morgan fingerprint density at radius 2 is 1.06 bits per heavy atom. The molecule has 0 aliphatic heterocycles. The van der Waals surface area contributed by atoms with Gasteiger partial charge in [-0.2, -0.15) is 0 Å². The number of allylic oxidation sites excluding steroid dienone is 1. The summed E-state index contributed by atoms with van der Waals surface area (Å²) in [6.45, 7) is 9.06. The molecule has 0 aliphatic carbocycles. The van der Waals surface area contributed by atoms with Crippen LogP contribution in [0.4, 0.5) is 0 Å². The van der Waals surface area contributed by atoms with Gasteiger partial charge in [0.25, 0.3) is 0 Å². The van der Waals surface area contributed by atoms with Crippen LogP contribution in [0.1, 0.15) is 92.4 Å². The molecule has 5 nitrogen and oxygen atoms in total. The van der Waals surface area contributed by atoms with Crippen LogP contribution in [-0.4, -0.2) is 25.2 Å². The van der Waals surface area contributed by atoms with E-state index in [4.69, 9.17) is 14.2 Å². The number of ether oxygens (including phenoxy) is 3. The molecule has 0 spiro atoms. The van der Waals surface area contributed by atoms with E-state index in [9.17, 15) is 9.59 Å². The van der Waals surface area contributed by atoms with Crippen LogP contribution < -0.4 is 9.47 Å². The number of hydrogen-bond donors (Lipinski definition) is 0. The highest BCUT2D eigenvalue weighted by Crippen LogP contribution is 2.26. The molecule has 0 heterocycles. The van der Waals surface area contributed by atoms with E-state index in [0.717, 1.165) is 53.9 Å². The van der Waals surface area contributed by atoms with Crippen LogP contribution in [0.5, 0.6) is 11.5 Å². The van der Waals surface area contributed by atoms with E-state index in [0.29, 0.717) is 29.4 Å². The largest absolute Gasteiger partial charge is 0.494 e. The van der Waals surface area contributed by atoms with Crippen molar-refractivity contribution in [3.05, 3.63) is 121 Å². The van der Waals surface area contributed by atoms with Gasteiger partial charge in [0.15, 0.2) is 0 Å². The molecule has 4 aromatic rings. The highest BCUT2D eigenvalue weighted by Gasteiger charge is 2.12. The third-order valence-electron chi connectivity index (χ3n) is 8.34. The molecule has 0 radical (unpaired) electrons. The summed E-state index contributed by atoms with van der Waals surface area (Å²) in [5, 5.41) is 0. The Morgan fingerprint density at radius 3 is 1.57 bits per heavy atom. The Kier molecular flexibility index (Phi) is 14.3. The van der Waals surface area contributed by atoms with Crippen molar-refractivity contribution in [1.29, 1.82) is 0 Å². The molecule has 4 rings (SSSR count). The van der Waals surface area contributed by atoms with Crippen LogP contribution in [0.15, 0.2) is 110 Å². The zero-order valence-corrected chi connectivity index (χ0v) is 27.9. The molecule has 0 unspecified atom stereocenters. The summed E-state index contributed by atoms with van der Waals surface area (Å²) < 4.78 is 17.0. The van der Waals surface area contributed by atoms with Gasteiger partial charge < -0.3 is 14.2 Å². The molecule has 47 heavy (non-hydrogen) atoms. The van der Waals surface area contributed by atoms with Crippen LogP contribution in [0.3, 0.4) is 0 Å². The molecule has 246 valence electrons. The quantitative estimate of drug-likeness (QED) is 0.0445. The lowest BCUT2D eigenvalue weighted by Gasteiger charge is -2.10. The van der Waals surface area contributed by atoms with Crippen LogP contribution in [0.2, 0.25) is 0 Å². The van der Waals surface area contributed by atoms with Crippen LogP contribution >= 0.6 is 0 Å². The highest BCUT2D eigenvalue weighted by molar-refractivity contribution is 5.92. The first-order valence-electron chi connectivity index (χ1n) is 17.0. The molecule has 5 heteroatoms. The van der Waals surface area contributed by atoms with Crippen molar-refractivity contribution in [2.75, 3.05) is 13.2 Å². The lowest BCUT2D eigenvalue weighted by atomic mass is 10.0. The van der Waals surface area contributed by atoms with Crippen molar-refractivity contribution in [3.8, 4) is 33.8 Å². The van der Waals surface area contributed by atoms with Crippen molar-refractivity contribution in [2.45, 2.75) is 71.6 Å². The Bertz CT molecular complexity index is 1520. The molecular weight excluding hydrogens is 584 g/mol. The fraction of sp³-hybridized carbons (Fsp3) is 0.333. The first-order valence-corrected chi connectivity index (χ1v) is 17.0. The van der Waals surface area contributed by atoms with Gasteiger partial charge in [0.05, 0.1) is 24.3 Å². The van der Waals surface area contributed by atoms with Crippen LogP contribution in [0, 0.1) is 5.92 Å². The summed E-state index contributed by atoms with van der Waals surface area (Å²) in [7, 11) is 0. The van der Waals surface area contributed by atoms with Crippen molar-refractivity contribution >= 4 is 11.9 Å². The van der Waals surface area contributed by atoms with Gasteiger partial charge in [-0.1, -0.05) is 107 Å². The summed E-state index contributed by atoms with van der Waals surface area (Å²) in [5.41, 5.74) is 4.97. The van der Waals surface area contributed by atoms with Gasteiger partial charge in [-0.05, 0) is 96.0 Å². The Balaban J connectivity index is 1.20. The summed E-state index contributed by atoms with van der Waals surface area (Å²) in [6, 6.07) is 30.1. The van der Waals surface area contributed by atoms with Gasteiger partial charge in [-0.3, -0.25) is 0 Å². The molecule has 0 fully saturated rings. The maximum atomic E-state index is 12.8. The van der Waals surface area contributed by atoms with Crippen LogP contribution in [0.25, 0.3) is 22.3 Å². The fourth-order valence-corrected chi connectivity index (χ4v) is 5.11. The maximum Gasteiger partial charge on any atom is 0.343 e. The standard InChI is InChI=1S/C42H48O5/c1-4-6-7-8-9-10-11-12-13-30-45-39-26-22-35(23-27-39)34-16-20-38(21-17-34)42(44)47-40-28-24-36(25-29-40)33-14-18-37(19-15-33)41(43)46-31-32(3)5-2/h4,14-29,32H,1,5-13,30-31H2,2-3H3/t32-/m0/s1. The Morgan fingerprint density at radius 1 is 0.617 bits per heavy atom. The van der Waals surface area contributed by atoms with Gasteiger partial charge in [0.2, 0.25) is 0 Å². The zero-order valence-electron chi connectivity index (χ0n) is 27.9. The summed E-state index contributed by atoms with van der Waals surface area (Å²) >= 11 is 0. The summed E-state index contributed by atoms with van der Waals surface area (Å²) in [4.78, 5) is 25.1. The number of benzene rings is 4. The van der Waals surface area contributed by atoms with E-state index in [1.165, 1.54) is 38.5 Å². The minimum absolute atomic E-state index is 0.312. The second-order valence-corrected chi connectivity index (χ2v) is 12.1. The Hall–Kier alpha value is -4.64. The van der Waals surface area contributed by atoms with Crippen LogP contribution in [-0.2, 0) is 4.74 Å². The molecule has 0 saturated heterocycles. The second kappa shape index (κ2) is 19.1.